The number of nitrogens with one attached hydrogen (secondary N) is 1. The lowest BCUT2D eigenvalue weighted by Gasteiger charge is -2.43. The van der Waals surface area contributed by atoms with Gasteiger partial charge in [-0.25, -0.2) is 18.0 Å². The SMILES string of the molecule is C[C@@H]1Cc2c([nH]c3ccccc23)[C@@H](c2c(F)cc(OCCCC(O)CCCOCC(=O)O)cc2F)N1CC(C)(C)F. The van der Waals surface area contributed by atoms with Gasteiger partial charge in [-0.1, -0.05) is 18.2 Å². The molecule has 0 saturated carbocycles. The van der Waals surface area contributed by atoms with Crippen LogP contribution in [0.4, 0.5) is 13.2 Å². The highest BCUT2D eigenvalue weighted by Gasteiger charge is 2.41. The Kier molecular flexibility index (Phi) is 9.99. The Labute approximate surface area is 238 Å². The molecular weight excluding hydrogens is 537 g/mol. The van der Waals surface area contributed by atoms with E-state index >= 15 is 8.78 Å². The normalized spacial score (nSPS) is 18.4. The predicted molar refractivity (Wildman–Crippen MR) is 150 cm³/mol. The van der Waals surface area contributed by atoms with Crippen LogP contribution < -0.4 is 4.74 Å². The summed E-state index contributed by atoms with van der Waals surface area (Å²) in [5, 5.41) is 19.6. The van der Waals surface area contributed by atoms with Gasteiger partial charge in [0, 0.05) is 53.5 Å². The maximum atomic E-state index is 15.7. The summed E-state index contributed by atoms with van der Waals surface area (Å²) in [7, 11) is 0. The number of carboxylic acids is 1. The highest BCUT2D eigenvalue weighted by Crippen LogP contribution is 2.43. The Hall–Kier alpha value is -3.08. The molecule has 7 nitrogen and oxygen atoms in total. The van der Waals surface area contributed by atoms with Crippen molar-refractivity contribution in [2.45, 2.75) is 76.7 Å². The van der Waals surface area contributed by atoms with Crippen molar-refractivity contribution >= 4 is 16.9 Å². The molecule has 1 unspecified atom stereocenters. The minimum atomic E-state index is -1.58. The first-order chi connectivity index (χ1) is 19.4. The molecule has 3 N–H and O–H groups in total. The van der Waals surface area contributed by atoms with Gasteiger partial charge in [0.1, 0.15) is 29.7 Å². The van der Waals surface area contributed by atoms with Gasteiger partial charge in [0.05, 0.1) is 18.8 Å². The van der Waals surface area contributed by atoms with Crippen LogP contribution in [0.1, 0.15) is 69.3 Å². The number of nitrogens with zero attached hydrogens (tertiary/aromatic N) is 1. The highest BCUT2D eigenvalue weighted by molar-refractivity contribution is 5.85. The van der Waals surface area contributed by atoms with E-state index in [4.69, 9.17) is 14.6 Å². The molecule has 4 rings (SSSR count). The second-order valence-corrected chi connectivity index (χ2v) is 11.4. The molecule has 3 aromatic rings. The first kappa shape index (κ1) is 30.9. The number of fused-ring (bicyclic) bond motifs is 3. The van der Waals surface area contributed by atoms with Gasteiger partial charge in [0.25, 0.3) is 0 Å². The molecule has 0 aliphatic carbocycles. The molecule has 10 heteroatoms. The van der Waals surface area contributed by atoms with Crippen LogP contribution in [0.15, 0.2) is 36.4 Å². The number of aromatic amines is 1. The number of H-pyrrole nitrogens is 1. The molecule has 0 bridgehead atoms. The number of aliphatic hydroxyl groups excluding tert-OH is 1. The number of benzene rings is 2. The number of hydrogen-bond acceptors (Lipinski definition) is 5. The lowest BCUT2D eigenvalue weighted by atomic mass is 9.87. The predicted octanol–water partition coefficient (Wildman–Crippen LogP) is 5.93. The fraction of sp³-hybridized carbons (Fsp3) is 0.516. The van der Waals surface area contributed by atoms with Gasteiger partial charge in [0.2, 0.25) is 0 Å². The van der Waals surface area contributed by atoms with Crippen molar-refractivity contribution < 1.29 is 37.7 Å². The van der Waals surface area contributed by atoms with Crippen molar-refractivity contribution in [1.82, 2.24) is 9.88 Å². The van der Waals surface area contributed by atoms with Gasteiger partial charge in [-0.05, 0) is 64.5 Å². The van der Waals surface area contributed by atoms with Crippen molar-refractivity contribution in [3.8, 4) is 5.75 Å². The van der Waals surface area contributed by atoms with Gasteiger partial charge < -0.3 is 24.7 Å². The number of halogens is 3. The van der Waals surface area contributed by atoms with Crippen LogP contribution >= 0.6 is 0 Å². The Morgan fingerprint density at radius 3 is 2.46 bits per heavy atom. The fourth-order valence-electron chi connectivity index (χ4n) is 5.64. The number of aromatic nitrogens is 1. The second-order valence-electron chi connectivity index (χ2n) is 11.4. The smallest absolute Gasteiger partial charge is 0.329 e. The van der Waals surface area contributed by atoms with Crippen LogP contribution in [0.5, 0.6) is 5.75 Å². The van der Waals surface area contributed by atoms with Crippen LogP contribution in [0, 0.1) is 11.6 Å². The van der Waals surface area contributed by atoms with Crippen molar-refractivity contribution in [3.05, 3.63) is 64.9 Å². The zero-order valence-corrected chi connectivity index (χ0v) is 23.8. The Bertz CT molecular complexity index is 1320. The number of rotatable bonds is 14. The summed E-state index contributed by atoms with van der Waals surface area (Å²) >= 11 is 0. The number of alkyl halides is 1. The molecule has 1 aliphatic rings. The van der Waals surface area contributed by atoms with Crippen LogP contribution in [-0.4, -0.2) is 70.2 Å². The molecule has 2 aromatic carbocycles. The summed E-state index contributed by atoms with van der Waals surface area (Å²) in [6.07, 6.45) is 1.84. The van der Waals surface area contributed by atoms with E-state index in [-0.39, 0.29) is 43.7 Å². The number of aliphatic carboxylic acids is 1. The van der Waals surface area contributed by atoms with E-state index in [1.54, 1.807) is 0 Å². The monoisotopic (exact) mass is 576 g/mol. The fourth-order valence-corrected chi connectivity index (χ4v) is 5.64. The summed E-state index contributed by atoms with van der Waals surface area (Å²) in [5.41, 5.74) is 0.787. The quantitative estimate of drug-likeness (QED) is 0.206. The number of hydrogen-bond donors (Lipinski definition) is 3. The molecule has 1 aliphatic heterocycles. The third kappa shape index (κ3) is 7.81. The Morgan fingerprint density at radius 2 is 1.80 bits per heavy atom. The number of ether oxygens (including phenoxy) is 2. The van der Waals surface area contributed by atoms with Crippen LogP contribution in [0.3, 0.4) is 0 Å². The Morgan fingerprint density at radius 1 is 1.15 bits per heavy atom. The van der Waals surface area contributed by atoms with E-state index in [0.29, 0.717) is 37.8 Å². The summed E-state index contributed by atoms with van der Waals surface area (Å²) in [6.45, 7) is 4.90. The number of carboxylic acid groups (broad SMARTS) is 1. The zero-order chi connectivity index (χ0) is 29.7. The van der Waals surface area contributed by atoms with Crippen molar-refractivity contribution in [2.75, 3.05) is 26.4 Å². The van der Waals surface area contributed by atoms with Crippen molar-refractivity contribution in [3.63, 3.8) is 0 Å². The minimum Gasteiger partial charge on any atom is -0.493 e. The van der Waals surface area contributed by atoms with E-state index in [9.17, 15) is 14.3 Å². The van der Waals surface area contributed by atoms with E-state index < -0.39 is 35.4 Å². The lowest BCUT2D eigenvalue weighted by molar-refractivity contribution is -0.142. The van der Waals surface area contributed by atoms with E-state index in [2.05, 4.69) is 4.98 Å². The van der Waals surface area contributed by atoms with Gasteiger partial charge in [-0.2, -0.15) is 0 Å². The van der Waals surface area contributed by atoms with Gasteiger partial charge >= 0.3 is 5.97 Å². The summed E-state index contributed by atoms with van der Waals surface area (Å²) < 4.78 is 56.9. The molecule has 0 spiro atoms. The second kappa shape index (κ2) is 13.3. The highest BCUT2D eigenvalue weighted by atomic mass is 19.1. The molecule has 0 saturated heterocycles. The maximum Gasteiger partial charge on any atom is 0.329 e. The minimum absolute atomic E-state index is 0.00121. The number of aliphatic hydroxyl groups is 1. The van der Waals surface area contributed by atoms with E-state index in [1.165, 1.54) is 13.8 Å². The molecule has 41 heavy (non-hydrogen) atoms. The molecule has 2 heterocycles. The number of para-hydroxylation sites is 1. The van der Waals surface area contributed by atoms with Gasteiger partial charge in [0.15, 0.2) is 0 Å². The standard InChI is InChI=1S/C31H39F3N2O5/c1-19-14-23-22-10-4-5-11-26(22)35-29(23)30(36(19)18-31(2,3)34)28-24(32)15-21(16-25(28)33)41-13-7-9-20(37)8-6-12-40-17-27(38)39/h4-5,10-11,15-16,19-20,30,35,37H,6-9,12-14,17-18H2,1-3H3,(H,38,39)/t19-,20?,30-/m1/s1. The van der Waals surface area contributed by atoms with Gasteiger partial charge in [-0.3, -0.25) is 4.90 Å². The molecule has 0 fully saturated rings. The molecule has 224 valence electrons. The molecular formula is C31H39F3N2O5. The summed E-state index contributed by atoms with van der Waals surface area (Å²) in [5.74, 6) is -2.54. The summed E-state index contributed by atoms with van der Waals surface area (Å²) in [6, 6.07) is 9.05. The van der Waals surface area contributed by atoms with Crippen LogP contribution in [0.25, 0.3) is 10.9 Å². The van der Waals surface area contributed by atoms with Crippen molar-refractivity contribution in [1.29, 1.82) is 0 Å². The largest absolute Gasteiger partial charge is 0.493 e. The third-order valence-corrected chi connectivity index (χ3v) is 7.40. The average molecular weight is 577 g/mol. The molecule has 0 amide bonds. The Balaban J connectivity index is 1.47. The number of carbonyl (C=O) groups is 1. The van der Waals surface area contributed by atoms with E-state index in [0.717, 1.165) is 28.6 Å². The zero-order valence-electron chi connectivity index (χ0n) is 23.8. The first-order valence-electron chi connectivity index (χ1n) is 14.1. The third-order valence-electron chi connectivity index (χ3n) is 7.40. The van der Waals surface area contributed by atoms with Crippen LogP contribution in [0.2, 0.25) is 0 Å². The van der Waals surface area contributed by atoms with Crippen molar-refractivity contribution in [2.24, 2.45) is 0 Å². The lowest BCUT2D eigenvalue weighted by Crippen LogP contribution is -2.48. The van der Waals surface area contributed by atoms with Gasteiger partial charge in [-0.15, -0.1) is 0 Å². The van der Waals surface area contributed by atoms with Crippen LogP contribution in [-0.2, 0) is 16.0 Å². The molecule has 0 radical (unpaired) electrons. The topological polar surface area (TPSA) is 95.0 Å². The van der Waals surface area contributed by atoms with E-state index in [1.807, 2.05) is 36.1 Å². The molecule has 1 aromatic heterocycles. The molecule has 3 atom stereocenters. The first-order valence-corrected chi connectivity index (χ1v) is 14.1. The average Bonchev–Trinajstić information content (AvgIpc) is 3.25. The summed E-state index contributed by atoms with van der Waals surface area (Å²) in [4.78, 5) is 15.6. The maximum absolute atomic E-state index is 15.7.